The summed E-state index contributed by atoms with van der Waals surface area (Å²) in [5, 5.41) is 8.54. The summed E-state index contributed by atoms with van der Waals surface area (Å²) in [6.07, 6.45) is 0.308. The van der Waals surface area contributed by atoms with Crippen LogP contribution in [0, 0.1) is 18.3 Å². The molecule has 0 heterocycles. The fourth-order valence-electron chi connectivity index (χ4n) is 1.75. The number of carbonyl (C=O) groups is 1. The van der Waals surface area contributed by atoms with E-state index in [4.69, 9.17) is 14.7 Å². The zero-order chi connectivity index (χ0) is 14.4. The molecular weight excluding hydrogens is 244 g/mol. The molecule has 0 unspecified atom stereocenters. The summed E-state index contributed by atoms with van der Waals surface area (Å²) in [5.41, 5.74) is 1.33. The van der Waals surface area contributed by atoms with Gasteiger partial charge in [0.15, 0.2) is 0 Å². The molecule has 1 aromatic rings. The van der Waals surface area contributed by atoms with Crippen LogP contribution < -0.4 is 9.47 Å². The van der Waals surface area contributed by atoms with Crippen molar-refractivity contribution >= 4 is 5.91 Å². The molecule has 1 amide bonds. The molecule has 5 heteroatoms. The van der Waals surface area contributed by atoms with Gasteiger partial charge in [-0.3, -0.25) is 4.79 Å². The van der Waals surface area contributed by atoms with Crippen LogP contribution in [-0.2, 0) is 0 Å². The fourth-order valence-corrected chi connectivity index (χ4v) is 1.75. The molecule has 0 saturated carbocycles. The minimum absolute atomic E-state index is 0.160. The zero-order valence-corrected chi connectivity index (χ0v) is 11.7. The summed E-state index contributed by atoms with van der Waals surface area (Å²) in [4.78, 5) is 13.7. The van der Waals surface area contributed by atoms with Gasteiger partial charge in [-0.2, -0.15) is 5.26 Å². The Morgan fingerprint density at radius 1 is 1.32 bits per heavy atom. The van der Waals surface area contributed by atoms with Crippen molar-refractivity contribution in [2.45, 2.75) is 13.3 Å². The fraction of sp³-hybridized carbons (Fsp3) is 0.429. The van der Waals surface area contributed by atoms with Gasteiger partial charge in [0.05, 0.1) is 26.7 Å². The lowest BCUT2D eigenvalue weighted by Gasteiger charge is -2.17. The van der Waals surface area contributed by atoms with Crippen molar-refractivity contribution in [1.29, 1.82) is 5.26 Å². The van der Waals surface area contributed by atoms with Crippen LogP contribution in [0.1, 0.15) is 22.3 Å². The van der Waals surface area contributed by atoms with Crippen molar-refractivity contribution in [1.82, 2.24) is 4.90 Å². The van der Waals surface area contributed by atoms with Gasteiger partial charge in [0, 0.05) is 24.7 Å². The van der Waals surface area contributed by atoms with Gasteiger partial charge in [-0.25, -0.2) is 0 Å². The SMILES string of the molecule is COc1cc(C(=O)N(C)CCC#N)cc(OC)c1C. The maximum Gasteiger partial charge on any atom is 0.253 e. The molecule has 0 atom stereocenters. The van der Waals surface area contributed by atoms with Gasteiger partial charge in [-0.15, -0.1) is 0 Å². The average molecular weight is 262 g/mol. The summed E-state index contributed by atoms with van der Waals surface area (Å²) < 4.78 is 10.5. The highest BCUT2D eigenvalue weighted by molar-refractivity contribution is 5.95. The van der Waals surface area contributed by atoms with Gasteiger partial charge >= 0.3 is 0 Å². The molecule has 0 bridgehead atoms. The summed E-state index contributed by atoms with van der Waals surface area (Å²) in [6.45, 7) is 2.26. The van der Waals surface area contributed by atoms with Crippen LogP contribution in [0.25, 0.3) is 0 Å². The molecule has 0 radical (unpaired) electrons. The molecule has 0 aromatic heterocycles. The lowest BCUT2D eigenvalue weighted by Crippen LogP contribution is -2.27. The molecule has 0 spiro atoms. The number of nitrogens with zero attached hydrogens (tertiary/aromatic N) is 2. The molecule has 0 saturated heterocycles. The van der Waals surface area contributed by atoms with Crippen molar-refractivity contribution in [3.8, 4) is 17.6 Å². The number of hydrogen-bond donors (Lipinski definition) is 0. The Hall–Kier alpha value is -2.22. The highest BCUT2D eigenvalue weighted by atomic mass is 16.5. The second kappa shape index (κ2) is 6.64. The smallest absolute Gasteiger partial charge is 0.253 e. The number of rotatable bonds is 5. The lowest BCUT2D eigenvalue weighted by atomic mass is 10.1. The quantitative estimate of drug-likeness (QED) is 0.814. The molecule has 102 valence electrons. The first-order valence-electron chi connectivity index (χ1n) is 5.90. The summed E-state index contributed by atoms with van der Waals surface area (Å²) in [6, 6.07) is 5.38. The topological polar surface area (TPSA) is 62.6 Å². The van der Waals surface area contributed by atoms with E-state index in [1.165, 1.54) is 4.90 Å². The van der Waals surface area contributed by atoms with E-state index < -0.39 is 0 Å². The number of hydrogen-bond acceptors (Lipinski definition) is 4. The first-order chi connectivity index (χ1) is 9.04. The monoisotopic (exact) mass is 262 g/mol. The Bertz CT molecular complexity index is 481. The number of ether oxygens (including phenoxy) is 2. The number of methoxy groups -OCH3 is 2. The highest BCUT2D eigenvalue weighted by Gasteiger charge is 2.16. The normalized spacial score (nSPS) is 9.63. The van der Waals surface area contributed by atoms with Crippen molar-refractivity contribution < 1.29 is 14.3 Å². The maximum atomic E-state index is 12.2. The molecule has 1 rings (SSSR count). The van der Waals surface area contributed by atoms with Crippen molar-refractivity contribution in [2.75, 3.05) is 27.8 Å². The van der Waals surface area contributed by atoms with Crippen LogP contribution >= 0.6 is 0 Å². The zero-order valence-electron chi connectivity index (χ0n) is 11.7. The third-order valence-electron chi connectivity index (χ3n) is 2.90. The van der Waals surface area contributed by atoms with Crippen LogP contribution in [0.4, 0.5) is 0 Å². The second-order valence-corrected chi connectivity index (χ2v) is 4.14. The van der Waals surface area contributed by atoms with Crippen LogP contribution in [0.15, 0.2) is 12.1 Å². The molecule has 19 heavy (non-hydrogen) atoms. The minimum Gasteiger partial charge on any atom is -0.496 e. The summed E-state index contributed by atoms with van der Waals surface area (Å²) in [7, 11) is 4.77. The third-order valence-corrected chi connectivity index (χ3v) is 2.90. The van der Waals surface area contributed by atoms with Gasteiger partial charge in [-0.05, 0) is 19.1 Å². The van der Waals surface area contributed by atoms with E-state index in [9.17, 15) is 4.79 Å². The summed E-state index contributed by atoms with van der Waals surface area (Å²) in [5.74, 6) is 1.06. The van der Waals surface area contributed by atoms with E-state index in [1.807, 2.05) is 13.0 Å². The molecule has 0 aliphatic carbocycles. The Kier molecular flexibility index (Phi) is 5.19. The largest absolute Gasteiger partial charge is 0.496 e. The first-order valence-corrected chi connectivity index (χ1v) is 5.90. The van der Waals surface area contributed by atoms with Crippen molar-refractivity contribution in [2.24, 2.45) is 0 Å². The standard InChI is InChI=1S/C14H18N2O3/c1-10-12(18-3)8-11(9-13(10)19-4)14(17)16(2)7-5-6-15/h8-9H,5,7H2,1-4H3. The Morgan fingerprint density at radius 2 is 1.84 bits per heavy atom. The molecule has 0 N–H and O–H groups in total. The van der Waals surface area contributed by atoms with E-state index in [2.05, 4.69) is 0 Å². The van der Waals surface area contributed by atoms with Gasteiger partial charge < -0.3 is 14.4 Å². The Balaban J connectivity index is 3.07. The average Bonchev–Trinajstić information content (AvgIpc) is 2.44. The van der Waals surface area contributed by atoms with Crippen LogP contribution in [-0.4, -0.2) is 38.6 Å². The number of benzene rings is 1. The second-order valence-electron chi connectivity index (χ2n) is 4.14. The van der Waals surface area contributed by atoms with Crippen LogP contribution in [0.3, 0.4) is 0 Å². The van der Waals surface area contributed by atoms with Crippen LogP contribution in [0.2, 0.25) is 0 Å². The minimum atomic E-state index is -0.160. The van der Waals surface area contributed by atoms with Crippen LogP contribution in [0.5, 0.6) is 11.5 Å². The predicted molar refractivity (Wildman–Crippen MR) is 71.5 cm³/mol. The van der Waals surface area contributed by atoms with Gasteiger partial charge in [-0.1, -0.05) is 0 Å². The predicted octanol–water partition coefficient (Wildman–Crippen LogP) is 2.00. The molecule has 5 nitrogen and oxygen atoms in total. The molecular formula is C14H18N2O3. The van der Waals surface area contributed by atoms with E-state index in [-0.39, 0.29) is 5.91 Å². The number of amides is 1. The highest BCUT2D eigenvalue weighted by Crippen LogP contribution is 2.29. The molecule has 0 aliphatic heterocycles. The number of nitriles is 1. The third kappa shape index (κ3) is 3.38. The molecule has 1 aromatic carbocycles. The van der Waals surface area contributed by atoms with E-state index in [1.54, 1.807) is 33.4 Å². The van der Waals surface area contributed by atoms with E-state index in [0.717, 1.165) is 5.56 Å². The van der Waals surface area contributed by atoms with Gasteiger partial charge in [0.25, 0.3) is 5.91 Å². The lowest BCUT2D eigenvalue weighted by molar-refractivity contribution is 0.0797. The Morgan fingerprint density at radius 3 is 2.26 bits per heavy atom. The molecule has 0 aliphatic rings. The maximum absolute atomic E-state index is 12.2. The van der Waals surface area contributed by atoms with Crippen molar-refractivity contribution in [3.63, 3.8) is 0 Å². The first kappa shape index (κ1) is 14.8. The van der Waals surface area contributed by atoms with Gasteiger partial charge in [0.2, 0.25) is 0 Å². The van der Waals surface area contributed by atoms with Crippen molar-refractivity contribution in [3.05, 3.63) is 23.3 Å². The van der Waals surface area contributed by atoms with E-state index >= 15 is 0 Å². The Labute approximate surface area is 113 Å². The van der Waals surface area contributed by atoms with Gasteiger partial charge in [0.1, 0.15) is 11.5 Å². The molecule has 0 fully saturated rings. The van der Waals surface area contributed by atoms with E-state index in [0.29, 0.717) is 30.0 Å². The summed E-state index contributed by atoms with van der Waals surface area (Å²) >= 11 is 0. The number of carbonyl (C=O) groups excluding carboxylic acids is 1.